The van der Waals surface area contributed by atoms with Crippen LogP contribution in [0.25, 0.3) is 6.08 Å². The minimum absolute atomic E-state index is 0.0154. The molecule has 0 fully saturated rings. The minimum Gasteiger partial charge on any atom is -0.334 e. The molecule has 132 valence electrons. The Morgan fingerprint density at radius 3 is 2.24 bits per heavy atom. The van der Waals surface area contributed by atoms with Crippen LogP contribution in [-0.4, -0.2) is 24.0 Å². The molecular weight excluding hydrogens is 308 g/mol. The van der Waals surface area contributed by atoms with Crippen molar-refractivity contribution in [2.24, 2.45) is 5.92 Å². The molecule has 0 saturated carbocycles. The predicted molar refractivity (Wildman–Crippen MR) is 105 cm³/mol. The number of carbonyl (C=O) groups excluding carboxylic acids is 1. The summed E-state index contributed by atoms with van der Waals surface area (Å²) in [6, 6.07) is 20.2. The van der Waals surface area contributed by atoms with E-state index in [1.54, 1.807) is 0 Å². The van der Waals surface area contributed by atoms with Crippen molar-refractivity contribution < 1.29 is 4.79 Å². The Bertz CT molecular complexity index is 678. The standard InChI is InChI=1S/C22H28N2O/c1-18(2)16-24(17-19(3)14-20-10-6-4-7-11-20)22(25)23-15-21-12-8-5-9-13-21/h4-14,18H,15-17H2,1-3H3,(H,23,25)/b19-14+. The van der Waals surface area contributed by atoms with Gasteiger partial charge in [-0.15, -0.1) is 0 Å². The van der Waals surface area contributed by atoms with Gasteiger partial charge in [-0.25, -0.2) is 4.79 Å². The van der Waals surface area contributed by atoms with Crippen LogP contribution in [0.5, 0.6) is 0 Å². The molecule has 0 bridgehead atoms. The molecule has 0 radical (unpaired) electrons. The number of hydrogen-bond acceptors (Lipinski definition) is 1. The molecule has 2 amide bonds. The molecule has 3 nitrogen and oxygen atoms in total. The molecular formula is C22H28N2O. The van der Waals surface area contributed by atoms with Gasteiger partial charge in [0.2, 0.25) is 0 Å². The molecule has 0 unspecified atom stereocenters. The number of nitrogens with one attached hydrogen (secondary N) is 1. The summed E-state index contributed by atoms with van der Waals surface area (Å²) in [4.78, 5) is 14.5. The summed E-state index contributed by atoms with van der Waals surface area (Å²) in [6.45, 7) is 8.26. The quantitative estimate of drug-likeness (QED) is 0.761. The molecule has 2 rings (SSSR count). The number of benzene rings is 2. The molecule has 0 heterocycles. The van der Waals surface area contributed by atoms with Crippen molar-refractivity contribution in [2.75, 3.05) is 13.1 Å². The van der Waals surface area contributed by atoms with Crippen LogP contribution >= 0.6 is 0 Å². The van der Waals surface area contributed by atoms with Crippen LogP contribution < -0.4 is 5.32 Å². The molecule has 2 aromatic carbocycles. The number of urea groups is 1. The first-order valence-corrected chi connectivity index (χ1v) is 8.83. The van der Waals surface area contributed by atoms with Crippen molar-refractivity contribution in [1.82, 2.24) is 10.2 Å². The van der Waals surface area contributed by atoms with E-state index >= 15 is 0 Å². The average Bonchev–Trinajstić information content (AvgIpc) is 2.60. The Kier molecular flexibility index (Phi) is 7.27. The monoisotopic (exact) mass is 336 g/mol. The molecule has 0 spiro atoms. The van der Waals surface area contributed by atoms with Gasteiger partial charge in [0.15, 0.2) is 0 Å². The molecule has 0 aliphatic carbocycles. The van der Waals surface area contributed by atoms with Gasteiger partial charge in [-0.05, 0) is 24.0 Å². The fourth-order valence-electron chi connectivity index (χ4n) is 2.73. The molecule has 3 heteroatoms. The van der Waals surface area contributed by atoms with Gasteiger partial charge in [-0.1, -0.05) is 86.2 Å². The second kappa shape index (κ2) is 9.67. The fourth-order valence-corrected chi connectivity index (χ4v) is 2.73. The zero-order valence-corrected chi connectivity index (χ0v) is 15.4. The molecule has 0 aromatic heterocycles. The Balaban J connectivity index is 1.99. The van der Waals surface area contributed by atoms with Gasteiger partial charge in [-0.3, -0.25) is 0 Å². The van der Waals surface area contributed by atoms with Crippen molar-refractivity contribution >= 4 is 12.1 Å². The highest BCUT2D eigenvalue weighted by Gasteiger charge is 2.15. The number of carbonyl (C=O) groups is 1. The average molecular weight is 336 g/mol. The van der Waals surface area contributed by atoms with Gasteiger partial charge in [-0.2, -0.15) is 0 Å². The van der Waals surface area contributed by atoms with Crippen molar-refractivity contribution in [3.05, 3.63) is 77.4 Å². The zero-order valence-electron chi connectivity index (χ0n) is 15.4. The van der Waals surface area contributed by atoms with Gasteiger partial charge >= 0.3 is 6.03 Å². The zero-order chi connectivity index (χ0) is 18.1. The molecule has 0 atom stereocenters. The lowest BCUT2D eigenvalue weighted by Gasteiger charge is -2.25. The summed E-state index contributed by atoms with van der Waals surface area (Å²) in [6.07, 6.45) is 2.14. The molecule has 1 N–H and O–H groups in total. The van der Waals surface area contributed by atoms with E-state index in [4.69, 9.17) is 0 Å². The van der Waals surface area contributed by atoms with E-state index in [0.29, 0.717) is 19.0 Å². The van der Waals surface area contributed by atoms with Crippen molar-refractivity contribution in [2.45, 2.75) is 27.3 Å². The highest BCUT2D eigenvalue weighted by atomic mass is 16.2. The first-order chi connectivity index (χ1) is 12.0. The molecule has 0 saturated heterocycles. The van der Waals surface area contributed by atoms with Crippen LogP contribution in [0.15, 0.2) is 66.2 Å². The number of rotatable bonds is 7. The summed E-state index contributed by atoms with van der Waals surface area (Å²) >= 11 is 0. The van der Waals surface area contributed by atoms with Crippen LogP contribution in [0.3, 0.4) is 0 Å². The van der Waals surface area contributed by atoms with Crippen LogP contribution in [0, 0.1) is 5.92 Å². The minimum atomic E-state index is -0.0154. The van der Waals surface area contributed by atoms with Crippen molar-refractivity contribution in [3.8, 4) is 0 Å². The van der Waals surface area contributed by atoms with Gasteiger partial charge < -0.3 is 10.2 Å². The number of amides is 2. The SMILES string of the molecule is C/C(=C\c1ccccc1)CN(CC(C)C)C(=O)NCc1ccccc1. The third-order valence-electron chi connectivity index (χ3n) is 3.81. The van der Waals surface area contributed by atoms with E-state index in [-0.39, 0.29) is 6.03 Å². The third kappa shape index (κ3) is 6.84. The van der Waals surface area contributed by atoms with E-state index in [9.17, 15) is 4.79 Å². The summed E-state index contributed by atoms with van der Waals surface area (Å²) in [7, 11) is 0. The smallest absolute Gasteiger partial charge is 0.317 e. The van der Waals surface area contributed by atoms with Crippen LogP contribution in [0.2, 0.25) is 0 Å². The number of nitrogens with zero attached hydrogens (tertiary/aromatic N) is 1. The summed E-state index contributed by atoms with van der Waals surface area (Å²) in [5.41, 5.74) is 3.44. The molecule has 0 aliphatic rings. The highest BCUT2D eigenvalue weighted by Crippen LogP contribution is 2.10. The van der Waals surface area contributed by atoms with E-state index < -0.39 is 0 Å². The Morgan fingerprint density at radius 2 is 1.64 bits per heavy atom. The van der Waals surface area contributed by atoms with Gasteiger partial charge in [0.05, 0.1) is 0 Å². The van der Waals surface area contributed by atoms with E-state index in [2.05, 4.69) is 44.3 Å². The Labute approximate surface area is 151 Å². The van der Waals surface area contributed by atoms with E-state index in [0.717, 1.165) is 17.7 Å². The lowest BCUT2D eigenvalue weighted by atomic mass is 10.1. The van der Waals surface area contributed by atoms with Gasteiger partial charge in [0, 0.05) is 19.6 Å². The topological polar surface area (TPSA) is 32.3 Å². The highest BCUT2D eigenvalue weighted by molar-refractivity contribution is 5.74. The summed E-state index contributed by atoms with van der Waals surface area (Å²) in [5, 5.41) is 3.03. The second-order valence-corrected chi connectivity index (χ2v) is 6.82. The molecule has 25 heavy (non-hydrogen) atoms. The van der Waals surface area contributed by atoms with E-state index in [1.807, 2.05) is 53.4 Å². The number of hydrogen-bond donors (Lipinski definition) is 1. The van der Waals surface area contributed by atoms with Crippen molar-refractivity contribution in [3.63, 3.8) is 0 Å². The van der Waals surface area contributed by atoms with Crippen LogP contribution in [-0.2, 0) is 6.54 Å². The Hall–Kier alpha value is -2.55. The van der Waals surface area contributed by atoms with Crippen LogP contribution in [0.4, 0.5) is 4.79 Å². The molecule has 2 aromatic rings. The maximum Gasteiger partial charge on any atom is 0.317 e. The maximum absolute atomic E-state index is 12.6. The van der Waals surface area contributed by atoms with Gasteiger partial charge in [0.1, 0.15) is 0 Å². The largest absolute Gasteiger partial charge is 0.334 e. The lowest BCUT2D eigenvalue weighted by Crippen LogP contribution is -2.42. The maximum atomic E-state index is 12.6. The van der Waals surface area contributed by atoms with Crippen LogP contribution in [0.1, 0.15) is 31.9 Å². The first-order valence-electron chi connectivity index (χ1n) is 8.83. The summed E-state index contributed by atoms with van der Waals surface area (Å²) < 4.78 is 0. The normalized spacial score (nSPS) is 11.4. The van der Waals surface area contributed by atoms with E-state index in [1.165, 1.54) is 5.57 Å². The third-order valence-corrected chi connectivity index (χ3v) is 3.81. The fraction of sp³-hybridized carbons (Fsp3) is 0.318. The second-order valence-electron chi connectivity index (χ2n) is 6.82. The molecule has 0 aliphatic heterocycles. The predicted octanol–water partition coefficient (Wildman–Crippen LogP) is 4.96. The summed E-state index contributed by atoms with van der Waals surface area (Å²) in [5.74, 6) is 0.423. The van der Waals surface area contributed by atoms with Gasteiger partial charge in [0.25, 0.3) is 0 Å². The van der Waals surface area contributed by atoms with Crippen molar-refractivity contribution in [1.29, 1.82) is 0 Å². The first kappa shape index (κ1) is 18.8. The lowest BCUT2D eigenvalue weighted by molar-refractivity contribution is 0.195. The Morgan fingerprint density at radius 1 is 1.04 bits per heavy atom.